The van der Waals surface area contributed by atoms with E-state index in [0.29, 0.717) is 34.3 Å². The fourth-order valence-electron chi connectivity index (χ4n) is 3.42. The summed E-state index contributed by atoms with van der Waals surface area (Å²) in [7, 11) is 1.47. The van der Waals surface area contributed by atoms with E-state index in [-0.39, 0.29) is 30.1 Å². The summed E-state index contributed by atoms with van der Waals surface area (Å²) in [6.07, 6.45) is 0.471. The second-order valence-corrected chi connectivity index (χ2v) is 8.37. The number of carbonyl (C=O) groups excluding carboxylic acids is 3. The second-order valence-electron chi connectivity index (χ2n) is 7.97. The lowest BCUT2D eigenvalue weighted by molar-refractivity contribution is -0.121. The van der Waals surface area contributed by atoms with Gasteiger partial charge in [-0.2, -0.15) is 0 Å². The number of anilines is 3. The summed E-state index contributed by atoms with van der Waals surface area (Å²) in [5.74, 6) is -0.0909. The number of methoxy groups -OCH3 is 1. The van der Waals surface area contributed by atoms with Crippen LogP contribution in [-0.2, 0) is 14.4 Å². The number of ether oxygens (including phenoxy) is 1. The van der Waals surface area contributed by atoms with Gasteiger partial charge in [-0.1, -0.05) is 25.4 Å². The summed E-state index contributed by atoms with van der Waals surface area (Å²) in [6, 6.07) is 9.61. The first-order valence-electron chi connectivity index (χ1n) is 10.1. The molecule has 1 aliphatic rings. The van der Waals surface area contributed by atoms with Crippen molar-refractivity contribution >= 4 is 46.4 Å². The van der Waals surface area contributed by atoms with Crippen LogP contribution in [0.3, 0.4) is 0 Å². The molecule has 31 heavy (non-hydrogen) atoms. The highest BCUT2D eigenvalue weighted by atomic mass is 35.5. The van der Waals surface area contributed by atoms with Gasteiger partial charge in [-0.25, -0.2) is 4.90 Å². The standard InChI is InChI=1S/C23H26ClN3O4/c1-13(2)9-21(28)26-16-7-5-15(6-8-16)25-18-12-22(29)27(23(18)30)19-10-14(3)17(24)11-20(19)31-4/h5-8,10-11,13,18,25H,9,12H2,1-4H3,(H,26,28). The number of nitrogens with zero attached hydrogens (tertiary/aromatic N) is 1. The molecule has 0 radical (unpaired) electrons. The number of amides is 3. The van der Waals surface area contributed by atoms with Crippen molar-refractivity contribution in [3.8, 4) is 5.75 Å². The summed E-state index contributed by atoms with van der Waals surface area (Å²) >= 11 is 6.14. The van der Waals surface area contributed by atoms with Gasteiger partial charge in [-0.3, -0.25) is 14.4 Å². The second kappa shape index (κ2) is 9.39. The van der Waals surface area contributed by atoms with E-state index in [1.807, 2.05) is 13.8 Å². The van der Waals surface area contributed by atoms with Crippen LogP contribution in [0.4, 0.5) is 17.1 Å². The molecular weight excluding hydrogens is 418 g/mol. The molecule has 2 aromatic rings. The Morgan fingerprint density at radius 2 is 1.84 bits per heavy atom. The van der Waals surface area contributed by atoms with Crippen molar-refractivity contribution in [2.24, 2.45) is 5.92 Å². The van der Waals surface area contributed by atoms with Crippen LogP contribution >= 0.6 is 11.6 Å². The van der Waals surface area contributed by atoms with Gasteiger partial charge in [0.1, 0.15) is 11.8 Å². The maximum atomic E-state index is 13.0. The van der Waals surface area contributed by atoms with Crippen LogP contribution < -0.4 is 20.3 Å². The number of hydrogen-bond acceptors (Lipinski definition) is 5. The first-order valence-corrected chi connectivity index (χ1v) is 10.4. The largest absolute Gasteiger partial charge is 0.495 e. The lowest BCUT2D eigenvalue weighted by atomic mass is 10.1. The molecule has 164 valence electrons. The van der Waals surface area contributed by atoms with Crippen LogP contribution in [0.15, 0.2) is 36.4 Å². The van der Waals surface area contributed by atoms with Gasteiger partial charge in [-0.05, 0) is 48.7 Å². The van der Waals surface area contributed by atoms with E-state index in [0.717, 1.165) is 10.5 Å². The average Bonchev–Trinajstić information content (AvgIpc) is 2.97. The Kier molecular flexibility index (Phi) is 6.85. The maximum Gasteiger partial charge on any atom is 0.256 e. The van der Waals surface area contributed by atoms with Crippen molar-refractivity contribution in [2.45, 2.75) is 39.7 Å². The number of nitrogens with one attached hydrogen (secondary N) is 2. The Balaban J connectivity index is 1.72. The highest BCUT2D eigenvalue weighted by Crippen LogP contribution is 2.36. The number of imide groups is 1. The van der Waals surface area contributed by atoms with Gasteiger partial charge in [-0.15, -0.1) is 0 Å². The summed E-state index contributed by atoms with van der Waals surface area (Å²) < 4.78 is 5.33. The highest BCUT2D eigenvalue weighted by Gasteiger charge is 2.41. The minimum Gasteiger partial charge on any atom is -0.495 e. The molecule has 1 atom stereocenters. The topological polar surface area (TPSA) is 87.7 Å². The highest BCUT2D eigenvalue weighted by molar-refractivity contribution is 6.32. The molecule has 2 N–H and O–H groups in total. The molecule has 8 heteroatoms. The first kappa shape index (κ1) is 22.6. The molecule has 0 aromatic heterocycles. The van der Waals surface area contributed by atoms with Crippen LogP contribution in [0.25, 0.3) is 0 Å². The molecule has 2 aromatic carbocycles. The number of hydrogen-bond donors (Lipinski definition) is 2. The molecule has 3 amide bonds. The molecule has 3 rings (SSSR count). The molecule has 0 aliphatic carbocycles. The molecular formula is C23H26ClN3O4. The van der Waals surface area contributed by atoms with E-state index in [9.17, 15) is 14.4 Å². The lowest BCUT2D eigenvalue weighted by Crippen LogP contribution is -2.35. The van der Waals surface area contributed by atoms with Gasteiger partial charge >= 0.3 is 0 Å². The Morgan fingerprint density at radius 3 is 2.45 bits per heavy atom. The molecule has 1 unspecified atom stereocenters. The van der Waals surface area contributed by atoms with Crippen LogP contribution in [0.5, 0.6) is 5.75 Å². The fraction of sp³-hybridized carbons (Fsp3) is 0.348. The SMILES string of the molecule is COc1cc(Cl)c(C)cc1N1C(=O)CC(Nc2ccc(NC(=O)CC(C)C)cc2)C1=O. The number of carbonyl (C=O) groups is 3. The monoisotopic (exact) mass is 443 g/mol. The van der Waals surface area contributed by atoms with E-state index < -0.39 is 6.04 Å². The zero-order valence-electron chi connectivity index (χ0n) is 18.0. The van der Waals surface area contributed by atoms with E-state index in [2.05, 4.69) is 10.6 Å². The van der Waals surface area contributed by atoms with Crippen molar-refractivity contribution in [1.82, 2.24) is 0 Å². The maximum absolute atomic E-state index is 13.0. The zero-order chi connectivity index (χ0) is 22.7. The number of rotatable bonds is 7. The summed E-state index contributed by atoms with van der Waals surface area (Å²) in [4.78, 5) is 38.7. The molecule has 0 saturated carbocycles. The number of benzene rings is 2. The zero-order valence-corrected chi connectivity index (χ0v) is 18.7. The van der Waals surface area contributed by atoms with Gasteiger partial charge in [0.05, 0.1) is 19.2 Å². The Morgan fingerprint density at radius 1 is 1.19 bits per heavy atom. The fourth-order valence-corrected chi connectivity index (χ4v) is 3.57. The predicted molar refractivity (Wildman–Crippen MR) is 122 cm³/mol. The van der Waals surface area contributed by atoms with Gasteiger partial charge in [0.25, 0.3) is 5.91 Å². The van der Waals surface area contributed by atoms with Crippen LogP contribution in [0.2, 0.25) is 5.02 Å². The minimum absolute atomic E-state index is 0.0243. The smallest absolute Gasteiger partial charge is 0.256 e. The van der Waals surface area contributed by atoms with Gasteiger partial charge < -0.3 is 15.4 Å². The molecule has 0 spiro atoms. The Bertz CT molecular complexity index is 1000. The average molecular weight is 444 g/mol. The minimum atomic E-state index is -0.699. The van der Waals surface area contributed by atoms with E-state index in [1.165, 1.54) is 7.11 Å². The Hall–Kier alpha value is -3.06. The molecule has 7 nitrogen and oxygen atoms in total. The molecule has 1 fully saturated rings. The number of halogens is 1. The van der Waals surface area contributed by atoms with Crippen molar-refractivity contribution in [3.05, 3.63) is 47.0 Å². The molecule has 1 saturated heterocycles. The first-order chi connectivity index (χ1) is 14.7. The quantitative estimate of drug-likeness (QED) is 0.620. The normalized spacial score (nSPS) is 16.1. The van der Waals surface area contributed by atoms with Crippen molar-refractivity contribution in [1.29, 1.82) is 0 Å². The van der Waals surface area contributed by atoms with Crippen molar-refractivity contribution < 1.29 is 19.1 Å². The van der Waals surface area contributed by atoms with E-state index in [1.54, 1.807) is 43.3 Å². The Labute approximate surface area is 186 Å². The summed E-state index contributed by atoms with van der Waals surface area (Å²) in [5, 5.41) is 6.44. The molecule has 1 aliphatic heterocycles. The van der Waals surface area contributed by atoms with Crippen LogP contribution in [0, 0.1) is 12.8 Å². The van der Waals surface area contributed by atoms with Gasteiger partial charge in [0.2, 0.25) is 11.8 Å². The van der Waals surface area contributed by atoms with Crippen molar-refractivity contribution in [3.63, 3.8) is 0 Å². The van der Waals surface area contributed by atoms with Crippen LogP contribution in [-0.4, -0.2) is 30.9 Å². The summed E-state index contributed by atoms with van der Waals surface area (Å²) in [5.41, 5.74) is 2.47. The van der Waals surface area contributed by atoms with Gasteiger partial charge in [0, 0.05) is 28.9 Å². The van der Waals surface area contributed by atoms with E-state index >= 15 is 0 Å². The third-order valence-electron chi connectivity index (χ3n) is 4.95. The third-order valence-corrected chi connectivity index (χ3v) is 5.36. The number of aryl methyl sites for hydroxylation is 1. The predicted octanol–water partition coefficient (Wildman–Crippen LogP) is 4.39. The van der Waals surface area contributed by atoms with Gasteiger partial charge in [0.15, 0.2) is 0 Å². The third kappa shape index (κ3) is 5.17. The molecule has 1 heterocycles. The van der Waals surface area contributed by atoms with Crippen molar-refractivity contribution in [2.75, 3.05) is 22.6 Å². The molecule has 0 bridgehead atoms. The summed E-state index contributed by atoms with van der Waals surface area (Å²) in [6.45, 7) is 5.76. The van der Waals surface area contributed by atoms with Crippen LogP contribution in [0.1, 0.15) is 32.3 Å². The lowest BCUT2D eigenvalue weighted by Gasteiger charge is -2.20. The van der Waals surface area contributed by atoms with E-state index in [4.69, 9.17) is 16.3 Å².